The fraction of sp³-hybridized carbons (Fsp3) is 0.375. The zero-order valence-corrected chi connectivity index (χ0v) is 25.7. The van der Waals surface area contributed by atoms with Crippen LogP contribution >= 0.6 is 11.6 Å². The zero-order chi connectivity index (χ0) is 30.4. The number of nitrogens with zero attached hydrogens (tertiary/aromatic N) is 2. The van der Waals surface area contributed by atoms with Gasteiger partial charge in [0.15, 0.2) is 0 Å². The molecule has 10 heteroatoms. The first-order valence-electron chi connectivity index (χ1n) is 14.2. The van der Waals surface area contributed by atoms with E-state index in [2.05, 4.69) is 5.32 Å². The second kappa shape index (κ2) is 13.7. The number of carbonyl (C=O) groups is 2. The lowest BCUT2D eigenvalue weighted by Crippen LogP contribution is -2.53. The number of benzene rings is 3. The molecule has 0 radical (unpaired) electrons. The second-order valence-electron chi connectivity index (χ2n) is 10.9. The Morgan fingerprint density at radius 3 is 2.31 bits per heavy atom. The highest BCUT2D eigenvalue weighted by atomic mass is 35.5. The van der Waals surface area contributed by atoms with Crippen LogP contribution in [-0.4, -0.2) is 43.8 Å². The standard InChI is InChI=1S/C32H37ClFN3O4S/c1-22-13-17-28(18-14-22)42(40,41)37(27-16-15-23(2)29(33)19-27)21-31(38)36(20-25-9-7-8-12-30(25)34)24(3)32(39)35-26-10-5-4-6-11-26/h7-9,12-19,24,26H,4-6,10-11,20-21H2,1-3H3,(H,35,39)/t24-/m0/s1. The molecule has 1 N–H and O–H groups in total. The number of halogens is 2. The highest BCUT2D eigenvalue weighted by Crippen LogP contribution is 2.29. The van der Waals surface area contributed by atoms with Gasteiger partial charge in [-0.2, -0.15) is 0 Å². The third kappa shape index (κ3) is 7.50. The van der Waals surface area contributed by atoms with Crippen LogP contribution in [0.25, 0.3) is 0 Å². The fourth-order valence-corrected chi connectivity index (χ4v) is 6.65. The molecule has 1 fully saturated rings. The lowest BCUT2D eigenvalue weighted by molar-refractivity contribution is -0.139. The van der Waals surface area contributed by atoms with Gasteiger partial charge in [0.05, 0.1) is 10.6 Å². The van der Waals surface area contributed by atoms with Crippen LogP contribution in [0.2, 0.25) is 5.02 Å². The van der Waals surface area contributed by atoms with Crippen molar-refractivity contribution in [3.8, 4) is 0 Å². The molecule has 0 unspecified atom stereocenters. The van der Waals surface area contributed by atoms with Crippen molar-refractivity contribution in [2.45, 2.75) is 76.4 Å². The molecule has 0 saturated heterocycles. The highest BCUT2D eigenvalue weighted by Gasteiger charge is 2.33. The van der Waals surface area contributed by atoms with E-state index in [9.17, 15) is 22.4 Å². The van der Waals surface area contributed by atoms with Gasteiger partial charge in [0, 0.05) is 23.2 Å². The van der Waals surface area contributed by atoms with E-state index < -0.39 is 34.3 Å². The Morgan fingerprint density at radius 1 is 1.00 bits per heavy atom. The van der Waals surface area contributed by atoms with Crippen LogP contribution in [0.3, 0.4) is 0 Å². The van der Waals surface area contributed by atoms with Crippen molar-refractivity contribution in [3.63, 3.8) is 0 Å². The van der Waals surface area contributed by atoms with E-state index in [0.717, 1.165) is 47.5 Å². The van der Waals surface area contributed by atoms with Crippen LogP contribution in [0, 0.1) is 19.7 Å². The van der Waals surface area contributed by atoms with E-state index in [1.807, 2.05) is 6.92 Å². The summed E-state index contributed by atoms with van der Waals surface area (Å²) in [7, 11) is -4.23. The van der Waals surface area contributed by atoms with Crippen LogP contribution in [0.5, 0.6) is 0 Å². The molecule has 2 amide bonds. The molecule has 1 aliphatic carbocycles. The average Bonchev–Trinajstić information content (AvgIpc) is 2.97. The van der Waals surface area contributed by atoms with Gasteiger partial charge in [-0.1, -0.05) is 72.8 Å². The van der Waals surface area contributed by atoms with Gasteiger partial charge in [-0.25, -0.2) is 12.8 Å². The van der Waals surface area contributed by atoms with E-state index in [1.165, 1.54) is 29.2 Å². The van der Waals surface area contributed by atoms with Crippen LogP contribution in [0.15, 0.2) is 71.6 Å². The highest BCUT2D eigenvalue weighted by molar-refractivity contribution is 7.92. The maximum absolute atomic E-state index is 14.7. The molecule has 1 saturated carbocycles. The van der Waals surface area contributed by atoms with Crippen LogP contribution in [-0.2, 0) is 26.2 Å². The van der Waals surface area contributed by atoms with Crippen LogP contribution in [0.4, 0.5) is 10.1 Å². The molecule has 0 bridgehead atoms. The van der Waals surface area contributed by atoms with Gasteiger partial charge in [-0.15, -0.1) is 0 Å². The summed E-state index contributed by atoms with van der Waals surface area (Å²) in [5, 5.41) is 3.38. The molecule has 4 rings (SSSR count). The molecule has 3 aromatic carbocycles. The van der Waals surface area contributed by atoms with Gasteiger partial charge in [0.1, 0.15) is 18.4 Å². The maximum atomic E-state index is 14.7. The molecule has 1 atom stereocenters. The first-order chi connectivity index (χ1) is 20.0. The van der Waals surface area contributed by atoms with Crippen molar-refractivity contribution in [1.82, 2.24) is 10.2 Å². The van der Waals surface area contributed by atoms with Gasteiger partial charge < -0.3 is 10.2 Å². The molecule has 7 nitrogen and oxygen atoms in total. The summed E-state index contributed by atoms with van der Waals surface area (Å²) in [6.45, 7) is 4.39. The smallest absolute Gasteiger partial charge is 0.264 e. The number of hydrogen-bond acceptors (Lipinski definition) is 4. The largest absolute Gasteiger partial charge is 0.352 e. The Bertz CT molecular complexity index is 1520. The summed E-state index contributed by atoms with van der Waals surface area (Å²) in [5.41, 5.74) is 2.04. The van der Waals surface area contributed by atoms with E-state index in [1.54, 1.807) is 56.3 Å². The molecule has 0 aliphatic heterocycles. The Morgan fingerprint density at radius 2 is 1.67 bits per heavy atom. The topological polar surface area (TPSA) is 86.8 Å². The number of amides is 2. The number of hydrogen-bond donors (Lipinski definition) is 1. The minimum atomic E-state index is -4.23. The molecular formula is C32H37ClFN3O4S. The Hall–Kier alpha value is -3.43. The van der Waals surface area contributed by atoms with Crippen molar-refractivity contribution in [2.75, 3.05) is 10.8 Å². The quantitative estimate of drug-likeness (QED) is 0.297. The van der Waals surface area contributed by atoms with Crippen molar-refractivity contribution in [2.24, 2.45) is 0 Å². The van der Waals surface area contributed by atoms with Crippen molar-refractivity contribution < 1.29 is 22.4 Å². The Balaban J connectivity index is 1.70. The van der Waals surface area contributed by atoms with Gasteiger partial charge in [-0.05, 0) is 69.5 Å². The predicted octanol–water partition coefficient (Wildman–Crippen LogP) is 6.16. The minimum absolute atomic E-state index is 0.00124. The minimum Gasteiger partial charge on any atom is -0.352 e. The first kappa shape index (κ1) is 31.5. The molecule has 3 aromatic rings. The zero-order valence-electron chi connectivity index (χ0n) is 24.1. The van der Waals surface area contributed by atoms with Crippen molar-refractivity contribution >= 4 is 39.1 Å². The SMILES string of the molecule is Cc1ccc(S(=O)(=O)N(CC(=O)N(Cc2ccccc2F)[C@@H](C)C(=O)NC2CCCCC2)c2ccc(C)c(Cl)c2)cc1. The maximum Gasteiger partial charge on any atom is 0.264 e. The number of aryl methyl sites for hydroxylation is 2. The van der Waals surface area contributed by atoms with Crippen LogP contribution < -0.4 is 9.62 Å². The monoisotopic (exact) mass is 613 g/mol. The van der Waals surface area contributed by atoms with E-state index in [-0.39, 0.29) is 34.6 Å². The van der Waals surface area contributed by atoms with Crippen molar-refractivity contribution in [3.05, 3.63) is 94.3 Å². The lowest BCUT2D eigenvalue weighted by atomic mass is 9.95. The van der Waals surface area contributed by atoms with Gasteiger partial charge in [0.25, 0.3) is 10.0 Å². The van der Waals surface area contributed by atoms with E-state index in [0.29, 0.717) is 5.02 Å². The predicted molar refractivity (Wildman–Crippen MR) is 163 cm³/mol. The van der Waals surface area contributed by atoms with Gasteiger partial charge >= 0.3 is 0 Å². The Labute approximate surface area is 252 Å². The van der Waals surface area contributed by atoms with Crippen molar-refractivity contribution in [1.29, 1.82) is 0 Å². The number of carbonyl (C=O) groups excluding carboxylic acids is 2. The van der Waals surface area contributed by atoms with Gasteiger partial charge in [-0.3, -0.25) is 13.9 Å². The molecule has 1 aliphatic rings. The number of sulfonamides is 1. The van der Waals surface area contributed by atoms with E-state index >= 15 is 0 Å². The lowest BCUT2D eigenvalue weighted by Gasteiger charge is -2.33. The first-order valence-corrected chi connectivity index (χ1v) is 16.0. The summed E-state index contributed by atoms with van der Waals surface area (Å²) in [6, 6.07) is 16.1. The summed E-state index contributed by atoms with van der Waals surface area (Å²) in [4.78, 5) is 28.7. The molecule has 0 heterocycles. The Kier molecular flexibility index (Phi) is 10.3. The summed E-state index contributed by atoms with van der Waals surface area (Å²) in [5.74, 6) is -1.54. The summed E-state index contributed by atoms with van der Waals surface area (Å²) >= 11 is 6.37. The molecular weight excluding hydrogens is 577 g/mol. The third-order valence-electron chi connectivity index (χ3n) is 7.75. The molecule has 0 spiro atoms. The molecule has 0 aromatic heterocycles. The number of nitrogens with one attached hydrogen (secondary N) is 1. The summed E-state index contributed by atoms with van der Waals surface area (Å²) in [6.07, 6.45) is 4.87. The third-order valence-corrected chi connectivity index (χ3v) is 9.94. The average molecular weight is 614 g/mol. The second-order valence-corrected chi connectivity index (χ2v) is 13.2. The van der Waals surface area contributed by atoms with Gasteiger partial charge in [0.2, 0.25) is 11.8 Å². The summed E-state index contributed by atoms with van der Waals surface area (Å²) < 4.78 is 43.6. The number of rotatable bonds is 10. The molecule has 224 valence electrons. The fourth-order valence-electron chi connectivity index (χ4n) is 5.06. The van der Waals surface area contributed by atoms with Crippen LogP contribution in [0.1, 0.15) is 55.7 Å². The van der Waals surface area contributed by atoms with E-state index in [4.69, 9.17) is 11.6 Å². The normalized spacial score (nSPS) is 14.7. The number of anilines is 1. The molecule has 42 heavy (non-hydrogen) atoms.